The number of pyridine rings is 1. The number of primary amides is 1. The zero-order valence-electron chi connectivity index (χ0n) is 12.3. The summed E-state index contributed by atoms with van der Waals surface area (Å²) < 4.78 is 37.6. The number of rotatable bonds is 1. The maximum atomic E-state index is 12.5. The molecule has 1 amide bonds. The lowest BCUT2D eigenvalue weighted by Gasteiger charge is -2.10. The monoisotopic (exact) mass is 357 g/mol. The highest BCUT2D eigenvalue weighted by Crippen LogP contribution is 2.32. The van der Waals surface area contributed by atoms with Crippen molar-refractivity contribution in [3.8, 4) is 0 Å². The number of carbonyl (C=O) groups is 1. The molecule has 1 aromatic carbocycles. The number of carbonyl (C=O) groups excluding carboxylic acids is 1. The van der Waals surface area contributed by atoms with E-state index < -0.39 is 28.8 Å². The molecule has 128 valence electrons. The molecule has 5 N–H and O–H groups in total. The maximum absolute atomic E-state index is 12.5. The van der Waals surface area contributed by atoms with E-state index in [1.807, 2.05) is 11.8 Å². The number of allylic oxidation sites excluding steroid dienone is 1. The van der Waals surface area contributed by atoms with Crippen LogP contribution in [-0.4, -0.2) is 16.6 Å². The molecule has 5 nitrogen and oxygen atoms in total. The van der Waals surface area contributed by atoms with Gasteiger partial charge in [0.25, 0.3) is 11.5 Å². The Morgan fingerprint density at radius 1 is 1.29 bits per heavy atom. The van der Waals surface area contributed by atoms with Gasteiger partial charge in [-0.3, -0.25) is 9.59 Å². The summed E-state index contributed by atoms with van der Waals surface area (Å²) in [5, 5.41) is 2.28. The van der Waals surface area contributed by atoms with E-state index in [1.54, 1.807) is 0 Å². The SMILES string of the molecule is C1=CSCC1.NC(=O)c1c(N)c2ccc(C(F)(F)F)cc2[nH]c1=O. The Morgan fingerprint density at radius 2 is 2.00 bits per heavy atom. The number of alkyl halides is 3. The first kappa shape index (κ1) is 17.9. The maximum Gasteiger partial charge on any atom is 0.416 e. The number of halogens is 3. The van der Waals surface area contributed by atoms with Crippen molar-refractivity contribution in [2.45, 2.75) is 12.6 Å². The fourth-order valence-electron chi connectivity index (χ4n) is 2.09. The molecular weight excluding hydrogens is 343 g/mol. The third-order valence-corrected chi connectivity index (χ3v) is 4.08. The van der Waals surface area contributed by atoms with E-state index in [2.05, 4.69) is 16.5 Å². The Morgan fingerprint density at radius 3 is 2.46 bits per heavy atom. The second-order valence-electron chi connectivity index (χ2n) is 4.90. The van der Waals surface area contributed by atoms with E-state index >= 15 is 0 Å². The average Bonchev–Trinajstić information content (AvgIpc) is 3.04. The van der Waals surface area contributed by atoms with Crippen molar-refractivity contribution >= 4 is 34.3 Å². The molecule has 9 heteroatoms. The quantitative estimate of drug-likeness (QED) is 0.730. The van der Waals surface area contributed by atoms with E-state index in [-0.39, 0.29) is 16.6 Å². The number of nitrogen functional groups attached to an aromatic ring is 1. The number of benzene rings is 1. The Labute approximate surface area is 138 Å². The summed E-state index contributed by atoms with van der Waals surface area (Å²) in [6.07, 6.45) is -1.06. The third-order valence-electron chi connectivity index (χ3n) is 3.22. The molecule has 3 rings (SSSR count). The van der Waals surface area contributed by atoms with Crippen LogP contribution in [0.2, 0.25) is 0 Å². The van der Waals surface area contributed by atoms with Gasteiger partial charge >= 0.3 is 6.18 Å². The minimum absolute atomic E-state index is 0.109. The van der Waals surface area contributed by atoms with E-state index in [9.17, 15) is 22.8 Å². The highest BCUT2D eigenvalue weighted by atomic mass is 32.2. The zero-order chi connectivity index (χ0) is 17.9. The second kappa shape index (κ2) is 7.00. The Balaban J connectivity index is 0.000000355. The predicted octanol–water partition coefficient (Wildman–Crippen LogP) is 2.87. The smallest absolute Gasteiger partial charge is 0.397 e. The van der Waals surface area contributed by atoms with Crippen molar-refractivity contribution in [1.29, 1.82) is 0 Å². The number of amides is 1. The standard InChI is InChI=1S/C11H8F3N3O2.C4H6S/c12-11(13,14)4-1-2-5-6(3-4)17-10(19)7(8(5)15)9(16)18;1-2-4-5-3-1/h1-3H,(H2,16,18)(H3,15,17,19);1,3H,2,4H2. The number of nitrogens with one attached hydrogen (secondary N) is 1. The van der Waals surface area contributed by atoms with Crippen LogP contribution in [0.4, 0.5) is 18.9 Å². The molecule has 24 heavy (non-hydrogen) atoms. The summed E-state index contributed by atoms with van der Waals surface area (Å²) in [4.78, 5) is 24.8. The van der Waals surface area contributed by atoms with Crippen LogP contribution in [0.25, 0.3) is 10.9 Å². The van der Waals surface area contributed by atoms with Crippen LogP contribution >= 0.6 is 11.8 Å². The van der Waals surface area contributed by atoms with Crippen molar-refractivity contribution in [2.24, 2.45) is 5.73 Å². The van der Waals surface area contributed by atoms with Crippen molar-refractivity contribution in [1.82, 2.24) is 4.98 Å². The van der Waals surface area contributed by atoms with E-state index in [1.165, 1.54) is 12.2 Å². The Hall–Kier alpha value is -2.42. The number of anilines is 1. The number of fused-ring (bicyclic) bond motifs is 1. The van der Waals surface area contributed by atoms with Crippen LogP contribution in [0.15, 0.2) is 34.5 Å². The predicted molar refractivity (Wildman–Crippen MR) is 88.7 cm³/mol. The molecule has 1 aliphatic rings. The topological polar surface area (TPSA) is 102 Å². The summed E-state index contributed by atoms with van der Waals surface area (Å²) in [7, 11) is 0. The molecule has 0 saturated heterocycles. The van der Waals surface area contributed by atoms with Crippen LogP contribution < -0.4 is 17.0 Å². The van der Waals surface area contributed by atoms with Crippen LogP contribution in [0, 0.1) is 0 Å². The van der Waals surface area contributed by atoms with Gasteiger partial charge in [-0.1, -0.05) is 12.1 Å². The number of H-pyrrole nitrogens is 1. The molecule has 0 atom stereocenters. The molecule has 0 bridgehead atoms. The molecule has 1 aliphatic heterocycles. The molecule has 0 unspecified atom stereocenters. The van der Waals surface area contributed by atoms with Gasteiger partial charge in [0.15, 0.2) is 0 Å². The van der Waals surface area contributed by atoms with Gasteiger partial charge in [-0.25, -0.2) is 0 Å². The van der Waals surface area contributed by atoms with Gasteiger partial charge in [0, 0.05) is 11.1 Å². The number of aromatic amines is 1. The van der Waals surface area contributed by atoms with E-state index in [0.717, 1.165) is 18.2 Å². The number of aromatic nitrogens is 1. The van der Waals surface area contributed by atoms with Crippen LogP contribution in [0.5, 0.6) is 0 Å². The second-order valence-corrected chi connectivity index (χ2v) is 5.91. The van der Waals surface area contributed by atoms with Crippen molar-refractivity contribution in [2.75, 3.05) is 11.5 Å². The molecule has 0 saturated carbocycles. The number of thioether (sulfide) groups is 1. The van der Waals surface area contributed by atoms with Crippen LogP contribution in [-0.2, 0) is 6.18 Å². The lowest BCUT2D eigenvalue weighted by atomic mass is 10.1. The lowest BCUT2D eigenvalue weighted by molar-refractivity contribution is -0.137. The minimum atomic E-state index is -4.54. The number of hydrogen-bond donors (Lipinski definition) is 3. The summed E-state index contributed by atoms with van der Waals surface area (Å²) in [5.74, 6) is 0.264. The molecule has 0 aliphatic carbocycles. The largest absolute Gasteiger partial charge is 0.416 e. The first-order valence-corrected chi connectivity index (χ1v) is 7.86. The van der Waals surface area contributed by atoms with Crippen molar-refractivity contribution in [3.63, 3.8) is 0 Å². The van der Waals surface area contributed by atoms with Gasteiger partial charge in [0.2, 0.25) is 0 Å². The molecule has 2 heterocycles. The fourth-order valence-corrected chi connectivity index (χ4v) is 2.77. The molecule has 0 fully saturated rings. The fraction of sp³-hybridized carbons (Fsp3) is 0.200. The first-order chi connectivity index (χ1) is 11.2. The molecular formula is C15H14F3N3O2S. The molecule has 0 radical (unpaired) electrons. The molecule has 2 aromatic rings. The summed E-state index contributed by atoms with van der Waals surface area (Å²) in [6, 6.07) is 2.63. The van der Waals surface area contributed by atoms with Gasteiger partial charge < -0.3 is 16.5 Å². The van der Waals surface area contributed by atoms with Gasteiger partial charge in [-0.05, 0) is 24.0 Å². The third kappa shape index (κ3) is 3.91. The average molecular weight is 357 g/mol. The van der Waals surface area contributed by atoms with Crippen LogP contribution in [0.3, 0.4) is 0 Å². The summed E-state index contributed by atoms with van der Waals surface area (Å²) in [6.45, 7) is 0. The van der Waals surface area contributed by atoms with Crippen molar-refractivity contribution < 1.29 is 18.0 Å². The Kier molecular flexibility index (Phi) is 5.23. The zero-order valence-corrected chi connectivity index (χ0v) is 13.1. The van der Waals surface area contributed by atoms with Crippen LogP contribution in [0.1, 0.15) is 22.3 Å². The van der Waals surface area contributed by atoms with Gasteiger partial charge in [0.05, 0.1) is 16.8 Å². The Bertz CT molecular complexity index is 853. The van der Waals surface area contributed by atoms with E-state index in [4.69, 9.17) is 11.5 Å². The number of hydrogen-bond acceptors (Lipinski definition) is 4. The van der Waals surface area contributed by atoms with Crippen molar-refractivity contribution in [3.05, 3.63) is 51.2 Å². The van der Waals surface area contributed by atoms with Gasteiger partial charge in [-0.2, -0.15) is 13.2 Å². The number of nitrogens with two attached hydrogens (primary N) is 2. The van der Waals surface area contributed by atoms with Gasteiger partial charge in [0.1, 0.15) is 5.56 Å². The highest BCUT2D eigenvalue weighted by molar-refractivity contribution is 8.02. The first-order valence-electron chi connectivity index (χ1n) is 6.81. The summed E-state index contributed by atoms with van der Waals surface area (Å²) >= 11 is 1.89. The normalized spacial score (nSPS) is 13.6. The molecule has 1 aromatic heterocycles. The minimum Gasteiger partial charge on any atom is -0.397 e. The summed E-state index contributed by atoms with van der Waals surface area (Å²) in [5.41, 5.74) is 7.91. The van der Waals surface area contributed by atoms with E-state index in [0.29, 0.717) is 0 Å². The molecule has 0 spiro atoms. The van der Waals surface area contributed by atoms with Gasteiger partial charge in [-0.15, -0.1) is 11.8 Å². The lowest BCUT2D eigenvalue weighted by Crippen LogP contribution is -2.25. The highest BCUT2D eigenvalue weighted by Gasteiger charge is 2.31.